The fourth-order valence-electron chi connectivity index (χ4n) is 2.60. The van der Waals surface area contributed by atoms with Crippen LogP contribution in [0.4, 0.5) is 9.18 Å². The number of ether oxygens (including phenoxy) is 2. The lowest BCUT2D eigenvalue weighted by molar-refractivity contribution is -0.128. The molecule has 1 unspecified atom stereocenters. The van der Waals surface area contributed by atoms with Crippen molar-refractivity contribution in [3.05, 3.63) is 58.5 Å². The number of pyridine rings is 1. The molecule has 2 N–H and O–H groups in total. The molecule has 9 heteroatoms. The molecule has 3 rings (SSSR count). The number of benzene rings is 1. The first-order chi connectivity index (χ1) is 12.5. The fraction of sp³-hybridized carbons (Fsp3) is 0.235. The normalized spacial score (nSPS) is 17.2. The molecule has 0 saturated carbocycles. The van der Waals surface area contributed by atoms with Gasteiger partial charge >= 0.3 is 6.09 Å². The van der Waals surface area contributed by atoms with Crippen LogP contribution in [0.2, 0.25) is 5.02 Å². The number of carbonyl (C=O) groups excluding carboxylic acids is 2. The van der Waals surface area contributed by atoms with Crippen LogP contribution in [0, 0.1) is 5.82 Å². The Labute approximate surface area is 153 Å². The predicted molar refractivity (Wildman–Crippen MR) is 90.5 cm³/mol. The van der Waals surface area contributed by atoms with Crippen molar-refractivity contribution in [2.75, 3.05) is 13.7 Å². The summed E-state index contributed by atoms with van der Waals surface area (Å²) in [6.45, 7) is 0.0612. The lowest BCUT2D eigenvalue weighted by Gasteiger charge is -2.22. The minimum Gasteiger partial charge on any atom is -0.481 e. The summed E-state index contributed by atoms with van der Waals surface area (Å²) < 4.78 is 23.7. The van der Waals surface area contributed by atoms with Gasteiger partial charge in [-0.05, 0) is 29.8 Å². The largest absolute Gasteiger partial charge is 0.481 e. The smallest absolute Gasteiger partial charge is 0.408 e. The van der Waals surface area contributed by atoms with Gasteiger partial charge in [-0.15, -0.1) is 0 Å². The number of nitrogens with zero attached hydrogens (tertiary/aromatic N) is 1. The van der Waals surface area contributed by atoms with Crippen molar-refractivity contribution in [2.45, 2.75) is 12.1 Å². The van der Waals surface area contributed by atoms with Gasteiger partial charge in [-0.1, -0.05) is 17.7 Å². The minimum absolute atomic E-state index is 0.0612. The van der Waals surface area contributed by atoms with E-state index in [1.165, 1.54) is 25.3 Å². The second kappa shape index (κ2) is 7.57. The molecule has 0 aliphatic carbocycles. The average molecular weight is 380 g/mol. The maximum Gasteiger partial charge on any atom is 0.408 e. The molecule has 1 saturated heterocycles. The van der Waals surface area contributed by atoms with Crippen LogP contribution in [0.15, 0.2) is 36.5 Å². The summed E-state index contributed by atoms with van der Waals surface area (Å²) in [4.78, 5) is 27.8. The Morgan fingerprint density at radius 1 is 1.50 bits per heavy atom. The molecule has 2 heterocycles. The third kappa shape index (κ3) is 3.70. The average Bonchev–Trinajstić information content (AvgIpc) is 3.08. The van der Waals surface area contributed by atoms with Crippen molar-refractivity contribution in [3.8, 4) is 5.88 Å². The van der Waals surface area contributed by atoms with Gasteiger partial charge in [-0.3, -0.25) is 4.79 Å². The van der Waals surface area contributed by atoms with E-state index in [2.05, 4.69) is 15.6 Å². The van der Waals surface area contributed by atoms with E-state index in [9.17, 15) is 14.0 Å². The van der Waals surface area contributed by atoms with Crippen LogP contribution in [-0.2, 0) is 9.53 Å². The molecule has 136 valence electrons. The van der Waals surface area contributed by atoms with Crippen LogP contribution in [0.5, 0.6) is 5.88 Å². The minimum atomic E-state index is -0.969. The van der Waals surface area contributed by atoms with Crippen LogP contribution in [0.3, 0.4) is 0 Å². The second-order valence-electron chi connectivity index (χ2n) is 5.49. The van der Waals surface area contributed by atoms with Crippen LogP contribution in [0.25, 0.3) is 0 Å². The fourth-order valence-corrected chi connectivity index (χ4v) is 2.79. The first kappa shape index (κ1) is 17.9. The molecular weight excluding hydrogens is 365 g/mol. The van der Waals surface area contributed by atoms with Gasteiger partial charge in [0.1, 0.15) is 5.82 Å². The maximum absolute atomic E-state index is 13.5. The van der Waals surface area contributed by atoms with Crippen molar-refractivity contribution in [3.63, 3.8) is 0 Å². The van der Waals surface area contributed by atoms with Gasteiger partial charge in [0, 0.05) is 11.8 Å². The molecular formula is C17H15ClFN3O4. The summed E-state index contributed by atoms with van der Waals surface area (Å²) in [5, 5.41) is 5.10. The number of halogens is 2. The first-order valence-electron chi connectivity index (χ1n) is 7.68. The van der Waals surface area contributed by atoms with E-state index in [1.807, 2.05) is 0 Å². The zero-order valence-corrected chi connectivity index (χ0v) is 14.4. The number of hydrogen-bond donors (Lipinski definition) is 2. The Bertz CT molecular complexity index is 849. The summed E-state index contributed by atoms with van der Waals surface area (Å²) in [5.41, 5.74) is 1.07. The summed E-state index contributed by atoms with van der Waals surface area (Å²) in [5.74, 6) is -0.799. The summed E-state index contributed by atoms with van der Waals surface area (Å²) in [6.07, 6.45) is -0.0873. The molecule has 1 aliphatic rings. The third-order valence-electron chi connectivity index (χ3n) is 3.84. The molecule has 1 fully saturated rings. The molecule has 2 aromatic rings. The molecule has 1 aromatic carbocycles. The van der Waals surface area contributed by atoms with E-state index in [4.69, 9.17) is 21.1 Å². The Morgan fingerprint density at radius 2 is 2.31 bits per heavy atom. The SMILES string of the molecule is COc1ncccc1C(NC(=O)[C@@H]1CNC(=O)O1)c1ccc(F)c(Cl)c1. The Morgan fingerprint density at radius 3 is 2.96 bits per heavy atom. The number of carbonyl (C=O) groups is 2. The Balaban J connectivity index is 1.97. The van der Waals surface area contributed by atoms with E-state index in [1.54, 1.807) is 18.3 Å². The van der Waals surface area contributed by atoms with Crippen LogP contribution in [0.1, 0.15) is 17.2 Å². The Hall–Kier alpha value is -2.87. The third-order valence-corrected chi connectivity index (χ3v) is 4.13. The van der Waals surface area contributed by atoms with Crippen molar-refractivity contribution in [1.82, 2.24) is 15.6 Å². The summed E-state index contributed by atoms with van der Waals surface area (Å²) in [7, 11) is 1.45. The van der Waals surface area contributed by atoms with E-state index in [-0.39, 0.29) is 11.6 Å². The number of aromatic nitrogens is 1. The van der Waals surface area contributed by atoms with E-state index < -0.39 is 30.0 Å². The Kier molecular flexibility index (Phi) is 5.22. The molecule has 2 atom stereocenters. The van der Waals surface area contributed by atoms with Crippen LogP contribution < -0.4 is 15.4 Å². The van der Waals surface area contributed by atoms with Gasteiger partial charge in [0.05, 0.1) is 24.7 Å². The summed E-state index contributed by atoms with van der Waals surface area (Å²) >= 11 is 5.89. The van der Waals surface area contributed by atoms with E-state index in [0.29, 0.717) is 17.0 Å². The highest BCUT2D eigenvalue weighted by Gasteiger charge is 2.32. The number of rotatable bonds is 5. The monoisotopic (exact) mass is 379 g/mol. The molecule has 1 aromatic heterocycles. The number of amides is 2. The number of methoxy groups -OCH3 is 1. The van der Waals surface area contributed by atoms with Gasteiger partial charge in [0.15, 0.2) is 6.10 Å². The molecule has 7 nitrogen and oxygen atoms in total. The highest BCUT2D eigenvalue weighted by Crippen LogP contribution is 2.30. The quantitative estimate of drug-likeness (QED) is 0.831. The molecule has 0 spiro atoms. The van der Waals surface area contributed by atoms with Crippen LogP contribution >= 0.6 is 11.6 Å². The van der Waals surface area contributed by atoms with Gasteiger partial charge in [-0.2, -0.15) is 0 Å². The van der Waals surface area contributed by atoms with Gasteiger partial charge in [-0.25, -0.2) is 14.2 Å². The highest BCUT2D eigenvalue weighted by molar-refractivity contribution is 6.30. The van der Waals surface area contributed by atoms with Crippen LogP contribution in [-0.4, -0.2) is 36.7 Å². The number of alkyl carbamates (subject to hydrolysis) is 1. The predicted octanol–water partition coefficient (Wildman–Crippen LogP) is 2.20. The second-order valence-corrected chi connectivity index (χ2v) is 5.90. The first-order valence-corrected chi connectivity index (χ1v) is 8.06. The maximum atomic E-state index is 13.5. The number of cyclic esters (lactones) is 1. The molecule has 0 radical (unpaired) electrons. The van der Waals surface area contributed by atoms with Crippen molar-refractivity contribution < 1.29 is 23.5 Å². The van der Waals surface area contributed by atoms with E-state index in [0.717, 1.165) is 0 Å². The molecule has 0 bridgehead atoms. The van der Waals surface area contributed by atoms with Crippen molar-refractivity contribution in [1.29, 1.82) is 0 Å². The zero-order valence-electron chi connectivity index (χ0n) is 13.7. The standard InChI is InChI=1S/C17H15ClFN3O4/c1-25-16-10(3-2-6-20-16)14(9-4-5-12(19)11(18)7-9)22-15(23)13-8-21-17(24)26-13/h2-7,13-14H,8H2,1H3,(H,21,24)(H,22,23)/t13-,14?/m0/s1. The van der Waals surface area contributed by atoms with Crippen molar-refractivity contribution >= 4 is 23.6 Å². The number of nitrogens with one attached hydrogen (secondary N) is 2. The number of hydrogen-bond acceptors (Lipinski definition) is 5. The van der Waals surface area contributed by atoms with E-state index >= 15 is 0 Å². The molecule has 2 amide bonds. The van der Waals surface area contributed by atoms with Gasteiger partial charge in [0.2, 0.25) is 5.88 Å². The molecule has 1 aliphatic heterocycles. The lowest BCUT2D eigenvalue weighted by Crippen LogP contribution is -2.39. The molecule has 26 heavy (non-hydrogen) atoms. The van der Waals surface area contributed by atoms with Gasteiger partial charge in [0.25, 0.3) is 5.91 Å². The lowest BCUT2D eigenvalue weighted by atomic mass is 9.99. The van der Waals surface area contributed by atoms with Crippen molar-refractivity contribution in [2.24, 2.45) is 0 Å². The highest BCUT2D eigenvalue weighted by atomic mass is 35.5. The topological polar surface area (TPSA) is 89.5 Å². The zero-order chi connectivity index (χ0) is 18.7. The van der Waals surface area contributed by atoms with Gasteiger partial charge < -0.3 is 20.1 Å². The summed E-state index contributed by atoms with van der Waals surface area (Å²) in [6, 6.07) is 6.77.